The van der Waals surface area contributed by atoms with Gasteiger partial charge >= 0.3 is 4.59 Å². The van der Waals surface area contributed by atoms with Crippen molar-refractivity contribution in [2.75, 3.05) is 13.1 Å². The first-order chi connectivity index (χ1) is 10.9. The fraction of sp³-hybridized carbons (Fsp3) is 0.500. The smallest absolute Gasteiger partial charge is 0.205 e. The quantitative estimate of drug-likeness (QED) is 0.292. The van der Waals surface area contributed by atoms with Crippen LogP contribution >= 0.6 is 24.1 Å². The van der Waals surface area contributed by atoms with Gasteiger partial charge in [0.2, 0.25) is 0 Å². The van der Waals surface area contributed by atoms with Crippen LogP contribution in [-0.2, 0) is 23.7 Å². The Hall–Kier alpha value is -0.430. The second kappa shape index (κ2) is 8.60. The Bertz CT molecular complexity index is 582. The van der Waals surface area contributed by atoms with E-state index in [1.54, 1.807) is 30.3 Å². The molecule has 0 bridgehead atoms. The fourth-order valence-corrected chi connectivity index (χ4v) is 4.25. The van der Waals surface area contributed by atoms with Gasteiger partial charge in [-0.2, -0.15) is 13.1 Å². The molecule has 1 aliphatic heterocycles. The van der Waals surface area contributed by atoms with E-state index in [4.69, 9.17) is 0 Å². The van der Waals surface area contributed by atoms with Crippen LogP contribution in [0.2, 0.25) is 0 Å². The van der Waals surface area contributed by atoms with Crippen molar-refractivity contribution in [2.45, 2.75) is 28.7 Å². The van der Waals surface area contributed by atoms with E-state index < -0.39 is 26.7 Å². The van der Waals surface area contributed by atoms with Gasteiger partial charge in [-0.1, -0.05) is 24.6 Å². The summed E-state index contributed by atoms with van der Waals surface area (Å²) in [5.74, 6) is 0. The average molecular weight is 387 g/mol. The second-order valence-electron chi connectivity index (χ2n) is 4.61. The molecule has 23 heavy (non-hydrogen) atoms. The molecule has 0 radical (unpaired) electrons. The molecule has 0 N–H and O–H groups in total. The van der Waals surface area contributed by atoms with Crippen molar-refractivity contribution in [2.24, 2.45) is 0 Å². The summed E-state index contributed by atoms with van der Waals surface area (Å²) in [6.45, 7) is 0.166. The predicted molar refractivity (Wildman–Crippen MR) is 82.4 cm³/mol. The normalized spacial score (nSPS) is 17.3. The molecule has 0 spiro atoms. The zero-order valence-electron chi connectivity index (χ0n) is 11.9. The summed E-state index contributed by atoms with van der Waals surface area (Å²) in [4.78, 5) is 0.661. The molecule has 0 aliphatic carbocycles. The van der Waals surface area contributed by atoms with E-state index in [1.165, 1.54) is 0 Å². The third-order valence-corrected chi connectivity index (χ3v) is 6.40. The lowest BCUT2D eigenvalue weighted by molar-refractivity contribution is -0.397. The van der Waals surface area contributed by atoms with E-state index in [0.717, 1.165) is 22.8 Å². The van der Waals surface area contributed by atoms with E-state index in [0.29, 0.717) is 17.7 Å². The van der Waals surface area contributed by atoms with Crippen LogP contribution in [0.1, 0.15) is 19.3 Å². The summed E-state index contributed by atoms with van der Waals surface area (Å²) < 4.78 is 56.6. The summed E-state index contributed by atoms with van der Waals surface area (Å²) in [7, 11) is -4.81. The molecular formula is C12H15F2NO5S3. The maximum Gasteiger partial charge on any atom is 0.433 e. The SMILES string of the molecule is O=S(=O)(N1CCCCC1)C(F)(F)SOOOSc1ccccc1. The lowest BCUT2D eigenvalue weighted by atomic mass is 10.2. The molecule has 1 heterocycles. The number of sulfonamides is 1. The molecule has 6 nitrogen and oxygen atoms in total. The summed E-state index contributed by atoms with van der Waals surface area (Å²) in [5, 5.41) is 4.12. The molecule has 0 amide bonds. The highest BCUT2D eigenvalue weighted by atomic mass is 32.3. The molecule has 1 saturated heterocycles. The zero-order valence-corrected chi connectivity index (χ0v) is 14.3. The maximum absolute atomic E-state index is 13.8. The molecular weight excluding hydrogens is 372 g/mol. The highest BCUT2D eigenvalue weighted by molar-refractivity contribution is 8.10. The Morgan fingerprint density at radius 1 is 1.04 bits per heavy atom. The summed E-state index contributed by atoms with van der Waals surface area (Å²) in [5.41, 5.74) is 0. The van der Waals surface area contributed by atoms with Gasteiger partial charge in [0.15, 0.2) is 0 Å². The van der Waals surface area contributed by atoms with Gasteiger partial charge in [-0.15, -0.1) is 8.67 Å². The number of alkyl halides is 2. The predicted octanol–water partition coefficient (Wildman–Crippen LogP) is 3.59. The molecule has 2 rings (SSSR count). The highest BCUT2D eigenvalue weighted by Crippen LogP contribution is 2.39. The van der Waals surface area contributed by atoms with Crippen molar-refractivity contribution < 1.29 is 30.9 Å². The molecule has 0 atom stereocenters. The van der Waals surface area contributed by atoms with Crippen LogP contribution in [0.25, 0.3) is 0 Å². The van der Waals surface area contributed by atoms with Crippen LogP contribution in [0.15, 0.2) is 35.2 Å². The monoisotopic (exact) mass is 387 g/mol. The van der Waals surface area contributed by atoms with Crippen molar-refractivity contribution in [1.29, 1.82) is 0 Å². The van der Waals surface area contributed by atoms with Crippen molar-refractivity contribution in [3.63, 3.8) is 0 Å². The number of rotatable bonds is 8. The summed E-state index contributed by atoms with van der Waals surface area (Å²) in [6, 6.07) is 8.71. The van der Waals surface area contributed by atoms with Gasteiger partial charge in [-0.05, 0) is 30.0 Å². The molecule has 1 aromatic rings. The van der Waals surface area contributed by atoms with Crippen molar-refractivity contribution in [3.8, 4) is 0 Å². The molecule has 0 aromatic heterocycles. The van der Waals surface area contributed by atoms with E-state index in [1.807, 2.05) is 0 Å². The third-order valence-electron chi connectivity index (χ3n) is 3.02. The van der Waals surface area contributed by atoms with Gasteiger partial charge in [-0.3, -0.25) is 0 Å². The Balaban J connectivity index is 1.76. The van der Waals surface area contributed by atoms with Gasteiger partial charge in [-0.25, -0.2) is 8.42 Å². The van der Waals surface area contributed by atoms with Crippen molar-refractivity contribution >= 4 is 34.1 Å². The largest absolute Gasteiger partial charge is 0.433 e. The number of benzene rings is 1. The van der Waals surface area contributed by atoms with E-state index in [2.05, 4.69) is 13.7 Å². The number of nitrogens with zero attached hydrogens (tertiary/aromatic N) is 1. The number of hydrogen-bond donors (Lipinski definition) is 0. The van der Waals surface area contributed by atoms with Gasteiger partial charge in [0, 0.05) is 18.0 Å². The number of halogens is 2. The van der Waals surface area contributed by atoms with Gasteiger partial charge < -0.3 is 0 Å². The van der Waals surface area contributed by atoms with Crippen LogP contribution in [0.5, 0.6) is 0 Å². The Morgan fingerprint density at radius 2 is 1.70 bits per heavy atom. The Morgan fingerprint density at radius 3 is 2.35 bits per heavy atom. The summed E-state index contributed by atoms with van der Waals surface area (Å²) >= 11 is 0.132. The first-order valence-corrected chi connectivity index (χ1v) is 9.64. The third kappa shape index (κ3) is 5.28. The number of hydrogen-bond acceptors (Lipinski definition) is 7. The number of piperidine rings is 1. The van der Waals surface area contributed by atoms with E-state index in [9.17, 15) is 17.2 Å². The van der Waals surface area contributed by atoms with Crippen molar-refractivity contribution in [1.82, 2.24) is 4.31 Å². The van der Waals surface area contributed by atoms with Crippen LogP contribution in [0, 0.1) is 0 Å². The molecule has 0 saturated carbocycles. The van der Waals surface area contributed by atoms with Crippen molar-refractivity contribution in [3.05, 3.63) is 30.3 Å². The fourth-order valence-electron chi connectivity index (χ4n) is 1.89. The lowest BCUT2D eigenvalue weighted by Gasteiger charge is -2.28. The molecule has 1 fully saturated rings. The minimum atomic E-state index is -4.81. The van der Waals surface area contributed by atoms with Gasteiger partial charge in [0.05, 0.1) is 12.0 Å². The molecule has 0 unspecified atom stereocenters. The van der Waals surface area contributed by atoms with Gasteiger partial charge in [0.1, 0.15) is 12.0 Å². The minimum absolute atomic E-state index is 0.0830. The van der Waals surface area contributed by atoms with Crippen LogP contribution in [-0.4, -0.2) is 30.4 Å². The lowest BCUT2D eigenvalue weighted by Crippen LogP contribution is -2.44. The summed E-state index contributed by atoms with van der Waals surface area (Å²) in [6.07, 6.45) is 1.96. The molecule has 11 heteroatoms. The zero-order chi connectivity index (χ0) is 16.8. The minimum Gasteiger partial charge on any atom is -0.205 e. The second-order valence-corrected chi connectivity index (χ2v) is 8.44. The maximum atomic E-state index is 13.8. The average Bonchev–Trinajstić information content (AvgIpc) is 2.56. The van der Waals surface area contributed by atoms with E-state index >= 15 is 0 Å². The first-order valence-electron chi connectivity index (χ1n) is 6.72. The van der Waals surface area contributed by atoms with E-state index in [-0.39, 0.29) is 13.1 Å². The first kappa shape index (κ1) is 18.9. The van der Waals surface area contributed by atoms with Gasteiger partial charge in [0.25, 0.3) is 10.0 Å². The van der Waals surface area contributed by atoms with Crippen LogP contribution in [0.3, 0.4) is 0 Å². The Kier molecular flexibility index (Phi) is 7.07. The Labute approximate surface area is 141 Å². The van der Waals surface area contributed by atoms with Crippen LogP contribution < -0.4 is 0 Å². The molecule has 1 aliphatic rings. The molecule has 1 aromatic carbocycles. The molecule has 130 valence electrons. The topological polar surface area (TPSA) is 65.1 Å². The standard InChI is InChI=1S/C12H15F2NO5S3/c13-12(14,23(16,17)15-9-5-2-6-10-15)22-20-18-19-21-11-7-3-1-4-8-11/h1,3-4,7-8H,2,5-6,9-10H2. The highest BCUT2D eigenvalue weighted by Gasteiger charge is 2.51. The van der Waals surface area contributed by atoms with Crippen LogP contribution in [0.4, 0.5) is 8.78 Å².